The van der Waals surface area contributed by atoms with Gasteiger partial charge in [-0.05, 0) is 24.7 Å². The van der Waals surface area contributed by atoms with Gasteiger partial charge in [-0.25, -0.2) is 9.97 Å². The fourth-order valence-electron chi connectivity index (χ4n) is 2.30. The lowest BCUT2D eigenvalue weighted by atomic mass is 10.1. The second-order valence-corrected chi connectivity index (χ2v) is 6.50. The summed E-state index contributed by atoms with van der Waals surface area (Å²) in [6, 6.07) is 0. The van der Waals surface area contributed by atoms with Gasteiger partial charge >= 0.3 is 0 Å². The van der Waals surface area contributed by atoms with Crippen LogP contribution in [-0.4, -0.2) is 27.5 Å². The van der Waals surface area contributed by atoms with Crippen molar-refractivity contribution in [3.63, 3.8) is 0 Å². The molecule has 0 unspecified atom stereocenters. The van der Waals surface area contributed by atoms with Crippen LogP contribution in [0, 0.1) is 11.8 Å². The summed E-state index contributed by atoms with van der Waals surface area (Å²) in [5.74, 6) is 2.78. The molecule has 0 spiro atoms. The Balaban J connectivity index is 2.29. The van der Waals surface area contributed by atoms with Crippen LogP contribution in [0.4, 0.5) is 11.6 Å². The van der Waals surface area contributed by atoms with E-state index < -0.39 is 0 Å². The van der Waals surface area contributed by atoms with E-state index in [1.54, 1.807) is 6.20 Å². The minimum atomic E-state index is 0.537. The Bertz CT molecular complexity index is 561. The second-order valence-electron chi connectivity index (χ2n) is 6.50. The number of nitrogens with two attached hydrogens (primary N) is 1. The van der Waals surface area contributed by atoms with Gasteiger partial charge in [0, 0.05) is 25.5 Å². The highest BCUT2D eigenvalue weighted by Crippen LogP contribution is 2.21. The Morgan fingerprint density at radius 2 is 1.76 bits per heavy atom. The minimum Gasteiger partial charge on any atom is -0.382 e. The molecule has 0 aliphatic heterocycles. The number of hydrogen-bond donors (Lipinski definition) is 1. The van der Waals surface area contributed by atoms with Crippen molar-refractivity contribution in [3.8, 4) is 0 Å². The highest BCUT2D eigenvalue weighted by atomic mass is 15.2. The molecule has 2 aromatic rings. The molecule has 5 nitrogen and oxygen atoms in total. The van der Waals surface area contributed by atoms with E-state index in [4.69, 9.17) is 5.73 Å². The number of fused-ring (bicyclic) bond motifs is 1. The monoisotopic (exact) mass is 289 g/mol. The smallest absolute Gasteiger partial charge is 0.180 e. The topological polar surface area (TPSA) is 59.5 Å². The van der Waals surface area contributed by atoms with E-state index in [9.17, 15) is 0 Å². The van der Waals surface area contributed by atoms with E-state index in [1.807, 2.05) is 16.8 Å². The average molecular weight is 289 g/mol. The van der Waals surface area contributed by atoms with Crippen LogP contribution in [0.2, 0.25) is 0 Å². The van der Waals surface area contributed by atoms with Crippen molar-refractivity contribution in [2.24, 2.45) is 11.8 Å². The highest BCUT2D eigenvalue weighted by molar-refractivity contribution is 5.66. The average Bonchev–Trinajstić information content (AvgIpc) is 2.85. The number of anilines is 2. The minimum absolute atomic E-state index is 0.537. The van der Waals surface area contributed by atoms with Crippen molar-refractivity contribution >= 4 is 17.3 Å². The molecule has 21 heavy (non-hydrogen) atoms. The molecule has 2 N–H and O–H groups in total. The number of nitrogens with zero attached hydrogens (tertiary/aromatic N) is 4. The molecular formula is C16H27N5. The zero-order valence-corrected chi connectivity index (χ0v) is 13.6. The van der Waals surface area contributed by atoms with Crippen molar-refractivity contribution in [3.05, 3.63) is 18.6 Å². The first-order valence-electron chi connectivity index (χ1n) is 7.81. The standard InChI is InChI=1S/C16H27N5/c1-12(2)5-8-20(9-6-13(3)4)16-15-18-7-10-21(15)11-14(17)19-16/h7,10-13H,5-6,8-9,17H2,1-4H3. The molecule has 116 valence electrons. The summed E-state index contributed by atoms with van der Waals surface area (Å²) < 4.78 is 1.95. The first kappa shape index (κ1) is 15.6. The van der Waals surface area contributed by atoms with Crippen molar-refractivity contribution < 1.29 is 0 Å². The van der Waals surface area contributed by atoms with Crippen molar-refractivity contribution in [1.29, 1.82) is 0 Å². The lowest BCUT2D eigenvalue weighted by Crippen LogP contribution is -2.29. The SMILES string of the molecule is CC(C)CCN(CCC(C)C)c1nc(N)cn2ccnc12. The largest absolute Gasteiger partial charge is 0.382 e. The normalized spacial score (nSPS) is 11.7. The number of nitrogen functional groups attached to an aromatic ring is 1. The molecule has 0 radical (unpaired) electrons. The van der Waals surface area contributed by atoms with Gasteiger partial charge in [-0.2, -0.15) is 0 Å². The maximum Gasteiger partial charge on any atom is 0.180 e. The van der Waals surface area contributed by atoms with Crippen LogP contribution in [0.25, 0.3) is 5.65 Å². The maximum absolute atomic E-state index is 5.95. The molecule has 0 fully saturated rings. The Morgan fingerprint density at radius 1 is 1.14 bits per heavy atom. The number of hydrogen-bond acceptors (Lipinski definition) is 4. The summed E-state index contributed by atoms with van der Waals surface area (Å²) in [5.41, 5.74) is 6.83. The third-order valence-corrected chi connectivity index (χ3v) is 3.63. The fourth-order valence-corrected chi connectivity index (χ4v) is 2.30. The van der Waals surface area contributed by atoms with Crippen molar-refractivity contribution in [1.82, 2.24) is 14.4 Å². The van der Waals surface area contributed by atoms with Gasteiger partial charge in [-0.1, -0.05) is 27.7 Å². The van der Waals surface area contributed by atoms with Crippen molar-refractivity contribution in [2.75, 3.05) is 23.7 Å². The van der Waals surface area contributed by atoms with Crippen LogP contribution in [0.3, 0.4) is 0 Å². The quantitative estimate of drug-likeness (QED) is 0.850. The third kappa shape index (κ3) is 4.09. The van der Waals surface area contributed by atoms with E-state index in [0.29, 0.717) is 17.7 Å². The van der Waals surface area contributed by atoms with Crippen LogP contribution in [0.1, 0.15) is 40.5 Å². The summed E-state index contributed by atoms with van der Waals surface area (Å²) in [6.07, 6.45) is 7.81. The Hall–Kier alpha value is -1.78. The third-order valence-electron chi connectivity index (χ3n) is 3.63. The van der Waals surface area contributed by atoms with E-state index in [-0.39, 0.29) is 0 Å². The van der Waals surface area contributed by atoms with Gasteiger partial charge in [-0.3, -0.25) is 0 Å². The molecule has 0 amide bonds. The zero-order valence-electron chi connectivity index (χ0n) is 13.6. The van der Waals surface area contributed by atoms with Gasteiger partial charge in [-0.15, -0.1) is 0 Å². The Morgan fingerprint density at radius 3 is 2.33 bits per heavy atom. The molecule has 0 aliphatic carbocycles. The summed E-state index contributed by atoms with van der Waals surface area (Å²) in [5, 5.41) is 0. The molecule has 2 aromatic heterocycles. The number of imidazole rings is 1. The molecule has 0 saturated carbocycles. The van der Waals surface area contributed by atoms with Gasteiger partial charge < -0.3 is 15.0 Å². The van der Waals surface area contributed by atoms with E-state index >= 15 is 0 Å². The highest BCUT2D eigenvalue weighted by Gasteiger charge is 2.15. The molecule has 5 heteroatoms. The van der Waals surface area contributed by atoms with Gasteiger partial charge in [0.05, 0.1) is 6.20 Å². The molecule has 2 rings (SSSR count). The lowest BCUT2D eigenvalue weighted by molar-refractivity contribution is 0.533. The summed E-state index contributed by atoms with van der Waals surface area (Å²) in [7, 11) is 0. The first-order valence-corrected chi connectivity index (χ1v) is 7.81. The number of aromatic nitrogens is 3. The van der Waals surface area contributed by atoms with Crippen LogP contribution in [0.5, 0.6) is 0 Å². The van der Waals surface area contributed by atoms with Crippen LogP contribution < -0.4 is 10.6 Å². The van der Waals surface area contributed by atoms with Gasteiger partial charge in [0.25, 0.3) is 0 Å². The Labute approximate surface area is 127 Å². The zero-order chi connectivity index (χ0) is 15.4. The molecule has 2 heterocycles. The fraction of sp³-hybridized carbons (Fsp3) is 0.625. The van der Waals surface area contributed by atoms with Gasteiger partial charge in [0.15, 0.2) is 11.5 Å². The summed E-state index contributed by atoms with van der Waals surface area (Å²) in [4.78, 5) is 11.3. The maximum atomic E-state index is 5.95. The molecule has 0 bridgehead atoms. The Kier molecular flexibility index (Phi) is 5.04. The molecule has 0 atom stereocenters. The van der Waals surface area contributed by atoms with Crippen LogP contribution in [0.15, 0.2) is 18.6 Å². The molecule has 0 aromatic carbocycles. The predicted octanol–water partition coefficient (Wildman–Crippen LogP) is 3.21. The summed E-state index contributed by atoms with van der Waals surface area (Å²) in [6.45, 7) is 11.0. The lowest BCUT2D eigenvalue weighted by Gasteiger charge is -2.26. The number of rotatable bonds is 7. The molecule has 0 aliphatic rings. The first-order chi connectivity index (χ1) is 9.97. The van der Waals surface area contributed by atoms with E-state index in [0.717, 1.165) is 37.4 Å². The molecular weight excluding hydrogens is 262 g/mol. The molecule has 0 saturated heterocycles. The summed E-state index contributed by atoms with van der Waals surface area (Å²) >= 11 is 0. The van der Waals surface area contributed by atoms with Crippen LogP contribution >= 0.6 is 0 Å². The van der Waals surface area contributed by atoms with Gasteiger partial charge in [0.2, 0.25) is 0 Å². The van der Waals surface area contributed by atoms with Crippen molar-refractivity contribution in [2.45, 2.75) is 40.5 Å². The van der Waals surface area contributed by atoms with Crippen LogP contribution in [-0.2, 0) is 0 Å². The second kappa shape index (κ2) is 6.78. The van der Waals surface area contributed by atoms with E-state index in [2.05, 4.69) is 42.6 Å². The van der Waals surface area contributed by atoms with Gasteiger partial charge in [0.1, 0.15) is 5.82 Å². The van der Waals surface area contributed by atoms with E-state index in [1.165, 1.54) is 0 Å². The predicted molar refractivity (Wildman–Crippen MR) is 88.5 cm³/mol.